The van der Waals surface area contributed by atoms with Crippen LogP contribution in [0.3, 0.4) is 0 Å². The maximum absolute atomic E-state index is 11.6. The van der Waals surface area contributed by atoms with Crippen LogP contribution >= 0.6 is 22.9 Å². The highest BCUT2D eigenvalue weighted by atomic mass is 35.5. The number of nitrogens with one attached hydrogen (secondary N) is 1. The molecule has 4 heteroatoms. The minimum atomic E-state index is 0.129. The van der Waals surface area contributed by atoms with Crippen molar-refractivity contribution in [1.29, 1.82) is 0 Å². The molecule has 0 radical (unpaired) electrons. The third-order valence-corrected chi connectivity index (χ3v) is 4.19. The zero-order chi connectivity index (χ0) is 11.4. The number of alkyl halides is 1. The molecule has 0 saturated heterocycles. The topological polar surface area (TPSA) is 29.1 Å². The lowest BCUT2D eigenvalue weighted by Gasteiger charge is -2.23. The van der Waals surface area contributed by atoms with Crippen molar-refractivity contribution >= 4 is 28.8 Å². The minimum absolute atomic E-state index is 0.129. The van der Waals surface area contributed by atoms with Crippen LogP contribution in [0.25, 0.3) is 0 Å². The Balaban J connectivity index is 1.94. The number of hydrogen-bond acceptors (Lipinski definition) is 2. The SMILES string of the molecule is O=C(CCCCl)NC1CCCc2sccc21. The fraction of sp³-hybridized carbons (Fsp3) is 0.583. The predicted octanol–water partition coefficient (Wildman–Crippen LogP) is 3.26. The highest BCUT2D eigenvalue weighted by Gasteiger charge is 2.22. The van der Waals surface area contributed by atoms with Gasteiger partial charge in [0.25, 0.3) is 0 Å². The molecule has 1 aliphatic carbocycles. The molecule has 1 aromatic rings. The molecule has 1 N–H and O–H groups in total. The van der Waals surface area contributed by atoms with E-state index in [1.54, 1.807) is 11.3 Å². The van der Waals surface area contributed by atoms with Crippen molar-refractivity contribution in [1.82, 2.24) is 5.32 Å². The van der Waals surface area contributed by atoms with Crippen LogP contribution in [-0.4, -0.2) is 11.8 Å². The Morgan fingerprint density at radius 3 is 3.31 bits per heavy atom. The number of thiophene rings is 1. The van der Waals surface area contributed by atoms with Crippen molar-refractivity contribution in [2.75, 3.05) is 5.88 Å². The third kappa shape index (κ3) is 2.77. The highest BCUT2D eigenvalue weighted by molar-refractivity contribution is 7.10. The number of rotatable bonds is 4. The van der Waals surface area contributed by atoms with Crippen LogP contribution in [0.1, 0.15) is 42.2 Å². The van der Waals surface area contributed by atoms with E-state index in [0.29, 0.717) is 12.3 Å². The first kappa shape index (κ1) is 11.9. The number of hydrogen-bond donors (Lipinski definition) is 1. The van der Waals surface area contributed by atoms with Crippen LogP contribution < -0.4 is 5.32 Å². The molecule has 0 spiro atoms. The maximum atomic E-state index is 11.6. The number of carbonyl (C=O) groups excluding carboxylic acids is 1. The maximum Gasteiger partial charge on any atom is 0.220 e. The van der Waals surface area contributed by atoms with E-state index >= 15 is 0 Å². The van der Waals surface area contributed by atoms with E-state index in [1.807, 2.05) is 0 Å². The van der Waals surface area contributed by atoms with Crippen LogP contribution in [0.15, 0.2) is 11.4 Å². The summed E-state index contributed by atoms with van der Waals surface area (Å²) in [5.41, 5.74) is 1.33. The summed E-state index contributed by atoms with van der Waals surface area (Å²) in [6, 6.07) is 2.38. The lowest BCUT2D eigenvalue weighted by molar-refractivity contribution is -0.121. The molecule has 88 valence electrons. The van der Waals surface area contributed by atoms with E-state index < -0.39 is 0 Å². The molecular weight excluding hydrogens is 242 g/mol. The van der Waals surface area contributed by atoms with Crippen molar-refractivity contribution in [2.45, 2.75) is 38.1 Å². The zero-order valence-electron chi connectivity index (χ0n) is 9.17. The average Bonchev–Trinajstić information content (AvgIpc) is 2.75. The summed E-state index contributed by atoms with van der Waals surface area (Å²) in [6.45, 7) is 0. The lowest BCUT2D eigenvalue weighted by atomic mass is 9.94. The second-order valence-corrected chi connectivity index (χ2v) is 5.48. The largest absolute Gasteiger partial charge is 0.349 e. The summed E-state index contributed by atoms with van der Waals surface area (Å²) in [6.07, 6.45) is 4.71. The molecule has 0 aliphatic heterocycles. The first-order valence-corrected chi connectivity index (χ1v) is 7.14. The summed E-state index contributed by atoms with van der Waals surface area (Å²) in [4.78, 5) is 13.1. The third-order valence-electron chi connectivity index (χ3n) is 2.92. The minimum Gasteiger partial charge on any atom is -0.349 e. The Bertz CT molecular complexity index is 364. The molecule has 1 amide bonds. The van der Waals surface area contributed by atoms with Gasteiger partial charge < -0.3 is 5.32 Å². The first-order valence-electron chi connectivity index (χ1n) is 5.73. The monoisotopic (exact) mass is 257 g/mol. The van der Waals surface area contributed by atoms with E-state index in [0.717, 1.165) is 12.8 Å². The summed E-state index contributed by atoms with van der Waals surface area (Å²) in [7, 11) is 0. The van der Waals surface area contributed by atoms with Gasteiger partial charge in [0.05, 0.1) is 6.04 Å². The van der Waals surface area contributed by atoms with Gasteiger partial charge in [-0.3, -0.25) is 4.79 Å². The van der Waals surface area contributed by atoms with Crippen molar-refractivity contribution in [3.63, 3.8) is 0 Å². The Kier molecular flexibility index (Phi) is 4.24. The molecular formula is C12H16ClNOS. The zero-order valence-corrected chi connectivity index (χ0v) is 10.7. The van der Waals surface area contributed by atoms with Crippen molar-refractivity contribution in [3.05, 3.63) is 21.9 Å². The van der Waals surface area contributed by atoms with Gasteiger partial charge in [0.2, 0.25) is 5.91 Å². The van der Waals surface area contributed by atoms with Crippen LogP contribution in [0.4, 0.5) is 0 Å². The second kappa shape index (κ2) is 5.69. The van der Waals surface area contributed by atoms with Gasteiger partial charge in [-0.25, -0.2) is 0 Å². The average molecular weight is 258 g/mol. The van der Waals surface area contributed by atoms with Gasteiger partial charge in [-0.05, 0) is 42.7 Å². The number of fused-ring (bicyclic) bond motifs is 1. The number of halogens is 1. The molecule has 1 aliphatic rings. The van der Waals surface area contributed by atoms with Crippen LogP contribution in [-0.2, 0) is 11.2 Å². The Hall–Kier alpha value is -0.540. The fourth-order valence-corrected chi connectivity index (χ4v) is 3.25. The molecule has 1 aromatic heterocycles. The van der Waals surface area contributed by atoms with Crippen molar-refractivity contribution in [2.24, 2.45) is 0 Å². The molecule has 0 bridgehead atoms. The van der Waals surface area contributed by atoms with Crippen molar-refractivity contribution in [3.8, 4) is 0 Å². The fourth-order valence-electron chi connectivity index (χ4n) is 2.13. The Morgan fingerprint density at radius 1 is 1.62 bits per heavy atom. The van der Waals surface area contributed by atoms with Gasteiger partial charge in [0.1, 0.15) is 0 Å². The number of aryl methyl sites for hydroxylation is 1. The molecule has 0 fully saturated rings. The van der Waals surface area contributed by atoms with Crippen molar-refractivity contribution < 1.29 is 4.79 Å². The molecule has 2 rings (SSSR count). The van der Waals surface area contributed by atoms with Gasteiger partial charge in [0, 0.05) is 17.2 Å². The van der Waals surface area contributed by atoms with Gasteiger partial charge >= 0.3 is 0 Å². The molecule has 1 atom stereocenters. The highest BCUT2D eigenvalue weighted by Crippen LogP contribution is 2.33. The summed E-state index contributed by atoms with van der Waals surface area (Å²) in [5, 5.41) is 5.22. The Labute approximate surface area is 105 Å². The molecule has 0 aromatic carbocycles. The molecule has 1 unspecified atom stereocenters. The van der Waals surface area contributed by atoms with E-state index in [9.17, 15) is 4.79 Å². The molecule has 1 heterocycles. The van der Waals surface area contributed by atoms with Crippen LogP contribution in [0.2, 0.25) is 0 Å². The standard InChI is InChI=1S/C12H16ClNOS/c13-7-2-5-12(15)14-10-3-1-4-11-9(10)6-8-16-11/h6,8,10H,1-5,7H2,(H,14,15). The van der Waals surface area contributed by atoms with E-state index in [4.69, 9.17) is 11.6 Å². The van der Waals surface area contributed by atoms with Gasteiger partial charge in [-0.2, -0.15) is 0 Å². The number of carbonyl (C=O) groups is 1. The van der Waals surface area contributed by atoms with E-state index in [2.05, 4.69) is 16.8 Å². The molecule has 16 heavy (non-hydrogen) atoms. The van der Waals surface area contributed by atoms with Crippen LogP contribution in [0, 0.1) is 0 Å². The van der Waals surface area contributed by atoms with Gasteiger partial charge in [-0.15, -0.1) is 22.9 Å². The van der Waals surface area contributed by atoms with Gasteiger partial charge in [0.15, 0.2) is 0 Å². The quantitative estimate of drug-likeness (QED) is 0.825. The summed E-state index contributed by atoms with van der Waals surface area (Å²) in [5.74, 6) is 0.687. The predicted molar refractivity (Wildman–Crippen MR) is 68.1 cm³/mol. The van der Waals surface area contributed by atoms with E-state index in [-0.39, 0.29) is 11.9 Å². The molecule has 0 saturated carbocycles. The smallest absolute Gasteiger partial charge is 0.220 e. The second-order valence-electron chi connectivity index (χ2n) is 4.10. The summed E-state index contributed by atoms with van der Waals surface area (Å²) >= 11 is 7.38. The van der Waals surface area contributed by atoms with Gasteiger partial charge in [-0.1, -0.05) is 0 Å². The number of amides is 1. The summed E-state index contributed by atoms with van der Waals surface area (Å²) < 4.78 is 0. The van der Waals surface area contributed by atoms with Crippen LogP contribution in [0.5, 0.6) is 0 Å². The normalized spacial score (nSPS) is 19.2. The van der Waals surface area contributed by atoms with E-state index in [1.165, 1.54) is 23.3 Å². The lowest BCUT2D eigenvalue weighted by Crippen LogP contribution is -2.30. The molecule has 2 nitrogen and oxygen atoms in total. The Morgan fingerprint density at radius 2 is 2.50 bits per heavy atom. The first-order chi connectivity index (χ1) is 7.81.